The Morgan fingerprint density at radius 3 is 2.88 bits per heavy atom. The van der Waals surface area contributed by atoms with E-state index in [-0.39, 0.29) is 11.6 Å². The molecule has 2 aromatic heterocycles. The zero-order valence-electron chi connectivity index (χ0n) is 14.7. The highest BCUT2D eigenvalue weighted by Crippen LogP contribution is 2.26. The Kier molecular flexibility index (Phi) is 4.90. The van der Waals surface area contributed by atoms with Crippen LogP contribution in [-0.2, 0) is 6.54 Å². The maximum atomic E-state index is 12.4. The monoisotopic (exact) mass is 370 g/mol. The molecule has 3 heterocycles. The molecule has 1 aromatic carbocycles. The Balaban J connectivity index is 1.51. The Hall–Kier alpha value is -2.38. The van der Waals surface area contributed by atoms with Crippen LogP contribution >= 0.6 is 11.3 Å². The maximum Gasteiger partial charge on any atom is 0.348 e. The molecule has 3 aromatic rings. The Bertz CT molecular complexity index is 899. The van der Waals surface area contributed by atoms with E-state index in [9.17, 15) is 4.79 Å². The van der Waals surface area contributed by atoms with Crippen molar-refractivity contribution in [3.63, 3.8) is 0 Å². The number of nitrogens with zero attached hydrogens (tertiary/aromatic N) is 3. The predicted octanol–water partition coefficient (Wildman–Crippen LogP) is 3.01. The zero-order valence-corrected chi connectivity index (χ0v) is 15.5. The predicted molar refractivity (Wildman–Crippen MR) is 102 cm³/mol. The first kappa shape index (κ1) is 17.1. The average Bonchev–Trinajstić information content (AvgIpc) is 3.32. The van der Waals surface area contributed by atoms with Gasteiger partial charge in [0.2, 0.25) is 0 Å². The number of aromatic amines is 1. The van der Waals surface area contributed by atoms with Gasteiger partial charge in [-0.05, 0) is 55.1 Å². The quantitative estimate of drug-likeness (QED) is 0.750. The summed E-state index contributed by atoms with van der Waals surface area (Å²) in [7, 11) is 1.62. The molecule has 136 valence electrons. The van der Waals surface area contributed by atoms with Crippen molar-refractivity contribution in [2.75, 3.05) is 20.2 Å². The van der Waals surface area contributed by atoms with E-state index in [1.807, 2.05) is 24.3 Å². The number of aromatic nitrogens is 3. The van der Waals surface area contributed by atoms with Gasteiger partial charge in [-0.15, -0.1) is 16.4 Å². The van der Waals surface area contributed by atoms with Crippen LogP contribution in [0.25, 0.3) is 5.69 Å². The summed E-state index contributed by atoms with van der Waals surface area (Å²) in [5, 5.41) is 6.69. The lowest BCUT2D eigenvalue weighted by atomic mass is 9.97. The minimum absolute atomic E-state index is 0.194. The summed E-state index contributed by atoms with van der Waals surface area (Å²) in [5.74, 6) is 1.80. The van der Waals surface area contributed by atoms with Crippen LogP contribution in [0.15, 0.2) is 46.6 Å². The number of rotatable bonds is 5. The van der Waals surface area contributed by atoms with Crippen LogP contribution in [0.2, 0.25) is 0 Å². The molecule has 1 fully saturated rings. The fourth-order valence-electron chi connectivity index (χ4n) is 3.47. The summed E-state index contributed by atoms with van der Waals surface area (Å²) in [6.45, 7) is 2.99. The number of H-pyrrole nitrogens is 1. The second-order valence-electron chi connectivity index (χ2n) is 6.58. The molecular formula is C19H22N4O2S. The molecule has 1 aliphatic heterocycles. The van der Waals surface area contributed by atoms with Crippen molar-refractivity contribution in [1.29, 1.82) is 0 Å². The number of hydrogen-bond acceptors (Lipinski definition) is 5. The van der Waals surface area contributed by atoms with Crippen molar-refractivity contribution in [2.45, 2.75) is 25.3 Å². The van der Waals surface area contributed by atoms with E-state index in [2.05, 4.69) is 32.5 Å². The lowest BCUT2D eigenvalue weighted by Crippen LogP contribution is -2.34. The number of benzene rings is 1. The molecule has 0 bridgehead atoms. The van der Waals surface area contributed by atoms with Gasteiger partial charge in [0.15, 0.2) is 0 Å². The SMILES string of the molecule is COc1ccc(-n2nc(C3CCCN(Cc4cccs4)C3)[nH]c2=O)cc1. The smallest absolute Gasteiger partial charge is 0.348 e. The lowest BCUT2D eigenvalue weighted by Gasteiger charge is -2.31. The van der Waals surface area contributed by atoms with E-state index in [1.54, 1.807) is 18.4 Å². The first-order valence-corrected chi connectivity index (χ1v) is 9.69. The standard InChI is InChI=1S/C19H22N4O2S/c1-25-16-8-6-15(7-9-16)23-19(24)20-18(21-23)14-4-2-10-22(12-14)13-17-5-3-11-26-17/h3,5-9,11,14H,2,4,10,12-13H2,1H3,(H,20,21,24). The average molecular weight is 370 g/mol. The second kappa shape index (κ2) is 7.47. The van der Waals surface area contributed by atoms with Crippen LogP contribution in [0.4, 0.5) is 0 Å². The number of methoxy groups -OCH3 is 1. The van der Waals surface area contributed by atoms with Crippen molar-refractivity contribution in [1.82, 2.24) is 19.7 Å². The van der Waals surface area contributed by atoms with Crippen molar-refractivity contribution in [3.05, 3.63) is 63.0 Å². The molecule has 1 saturated heterocycles. The third-order valence-corrected chi connectivity index (χ3v) is 5.67. The fraction of sp³-hybridized carbons (Fsp3) is 0.368. The molecular weight excluding hydrogens is 348 g/mol. The van der Waals surface area contributed by atoms with Gasteiger partial charge in [-0.2, -0.15) is 4.68 Å². The molecule has 1 N–H and O–H groups in total. The van der Waals surface area contributed by atoms with E-state index in [1.165, 1.54) is 9.56 Å². The molecule has 1 unspecified atom stereocenters. The Morgan fingerprint density at radius 2 is 2.15 bits per heavy atom. The van der Waals surface area contributed by atoms with Gasteiger partial charge in [0.05, 0.1) is 12.8 Å². The van der Waals surface area contributed by atoms with Gasteiger partial charge in [-0.25, -0.2) is 4.79 Å². The third kappa shape index (κ3) is 3.59. The Morgan fingerprint density at radius 1 is 1.31 bits per heavy atom. The largest absolute Gasteiger partial charge is 0.497 e. The Labute approximate surface area is 156 Å². The van der Waals surface area contributed by atoms with E-state index in [0.29, 0.717) is 0 Å². The molecule has 0 spiro atoms. The number of likely N-dealkylation sites (tertiary alicyclic amines) is 1. The van der Waals surface area contributed by atoms with E-state index < -0.39 is 0 Å². The van der Waals surface area contributed by atoms with Gasteiger partial charge in [-0.1, -0.05) is 6.07 Å². The molecule has 1 aliphatic rings. The van der Waals surface area contributed by atoms with Crippen molar-refractivity contribution in [2.24, 2.45) is 0 Å². The molecule has 0 saturated carbocycles. The minimum Gasteiger partial charge on any atom is -0.497 e. The van der Waals surface area contributed by atoms with Gasteiger partial charge in [-0.3, -0.25) is 9.88 Å². The van der Waals surface area contributed by atoms with E-state index in [0.717, 1.165) is 49.7 Å². The topological polar surface area (TPSA) is 63.1 Å². The van der Waals surface area contributed by atoms with Gasteiger partial charge >= 0.3 is 5.69 Å². The summed E-state index contributed by atoms with van der Waals surface area (Å²) in [6.07, 6.45) is 2.17. The van der Waals surface area contributed by atoms with Gasteiger partial charge in [0.1, 0.15) is 11.6 Å². The third-order valence-electron chi connectivity index (χ3n) is 4.80. The second-order valence-corrected chi connectivity index (χ2v) is 7.61. The maximum absolute atomic E-state index is 12.4. The molecule has 1 atom stereocenters. The van der Waals surface area contributed by atoms with E-state index >= 15 is 0 Å². The van der Waals surface area contributed by atoms with Gasteiger partial charge in [0, 0.05) is 23.9 Å². The summed E-state index contributed by atoms with van der Waals surface area (Å²) < 4.78 is 6.61. The van der Waals surface area contributed by atoms with Crippen LogP contribution < -0.4 is 10.4 Å². The zero-order chi connectivity index (χ0) is 17.9. The number of hydrogen-bond donors (Lipinski definition) is 1. The first-order valence-electron chi connectivity index (χ1n) is 8.81. The number of piperidine rings is 1. The number of ether oxygens (including phenoxy) is 1. The summed E-state index contributed by atoms with van der Waals surface area (Å²) in [5.41, 5.74) is 0.546. The van der Waals surface area contributed by atoms with Crippen LogP contribution in [0.5, 0.6) is 5.75 Å². The molecule has 0 amide bonds. The highest BCUT2D eigenvalue weighted by Gasteiger charge is 2.25. The minimum atomic E-state index is -0.194. The summed E-state index contributed by atoms with van der Waals surface area (Å²) in [6, 6.07) is 11.6. The highest BCUT2D eigenvalue weighted by atomic mass is 32.1. The molecule has 6 nitrogen and oxygen atoms in total. The molecule has 26 heavy (non-hydrogen) atoms. The molecule has 0 aliphatic carbocycles. The van der Waals surface area contributed by atoms with Crippen LogP contribution in [0.1, 0.15) is 29.5 Å². The summed E-state index contributed by atoms with van der Waals surface area (Å²) in [4.78, 5) is 19.2. The van der Waals surface area contributed by atoms with Crippen molar-refractivity contribution in [3.8, 4) is 11.4 Å². The number of nitrogens with one attached hydrogen (secondary N) is 1. The molecule has 7 heteroatoms. The summed E-state index contributed by atoms with van der Waals surface area (Å²) >= 11 is 1.79. The first-order chi connectivity index (χ1) is 12.7. The van der Waals surface area contributed by atoms with Crippen molar-refractivity contribution >= 4 is 11.3 Å². The normalized spacial score (nSPS) is 18.1. The van der Waals surface area contributed by atoms with E-state index in [4.69, 9.17) is 4.74 Å². The van der Waals surface area contributed by atoms with Crippen LogP contribution in [-0.4, -0.2) is 39.9 Å². The lowest BCUT2D eigenvalue weighted by molar-refractivity contribution is 0.198. The fourth-order valence-corrected chi connectivity index (χ4v) is 4.21. The van der Waals surface area contributed by atoms with Crippen LogP contribution in [0, 0.1) is 0 Å². The van der Waals surface area contributed by atoms with Crippen molar-refractivity contribution < 1.29 is 4.74 Å². The molecule has 4 rings (SSSR count). The van der Waals surface area contributed by atoms with Gasteiger partial charge < -0.3 is 4.74 Å². The highest BCUT2D eigenvalue weighted by molar-refractivity contribution is 7.09. The number of thiophene rings is 1. The van der Waals surface area contributed by atoms with Gasteiger partial charge in [0.25, 0.3) is 0 Å². The molecule has 0 radical (unpaired) electrons. The van der Waals surface area contributed by atoms with Crippen LogP contribution in [0.3, 0.4) is 0 Å².